The topological polar surface area (TPSA) is 54.3 Å². The van der Waals surface area contributed by atoms with Crippen LogP contribution in [0.4, 0.5) is 10.5 Å². The Labute approximate surface area is 119 Å². The zero-order valence-corrected chi connectivity index (χ0v) is 12.1. The van der Waals surface area contributed by atoms with Crippen molar-refractivity contribution in [1.82, 2.24) is 5.32 Å². The first-order chi connectivity index (χ1) is 9.60. The minimum atomic E-state index is -0.229. The Kier molecular flexibility index (Phi) is 4.45. The Balaban J connectivity index is 1.98. The molecule has 0 fully saturated rings. The molecule has 1 aromatic heterocycles. The highest BCUT2D eigenvalue weighted by atomic mass is 16.3. The van der Waals surface area contributed by atoms with Crippen LogP contribution in [0.2, 0.25) is 0 Å². The van der Waals surface area contributed by atoms with E-state index in [0.29, 0.717) is 0 Å². The van der Waals surface area contributed by atoms with Gasteiger partial charge in [0.2, 0.25) is 0 Å². The molecule has 0 spiro atoms. The molecule has 0 aliphatic rings. The summed E-state index contributed by atoms with van der Waals surface area (Å²) in [5, 5.41) is 5.74. The van der Waals surface area contributed by atoms with Crippen LogP contribution in [0.1, 0.15) is 37.0 Å². The van der Waals surface area contributed by atoms with Crippen LogP contribution < -0.4 is 10.6 Å². The zero-order valence-electron chi connectivity index (χ0n) is 12.1. The van der Waals surface area contributed by atoms with Crippen molar-refractivity contribution < 1.29 is 9.21 Å². The van der Waals surface area contributed by atoms with Gasteiger partial charge >= 0.3 is 6.03 Å². The molecule has 0 saturated heterocycles. The van der Waals surface area contributed by atoms with Gasteiger partial charge in [-0.1, -0.05) is 25.1 Å². The Morgan fingerprint density at radius 1 is 1.25 bits per heavy atom. The smallest absolute Gasteiger partial charge is 0.319 e. The van der Waals surface area contributed by atoms with Gasteiger partial charge in [0.25, 0.3) is 0 Å². The van der Waals surface area contributed by atoms with Gasteiger partial charge in [-0.15, -0.1) is 0 Å². The van der Waals surface area contributed by atoms with E-state index in [9.17, 15) is 4.79 Å². The molecule has 0 aliphatic heterocycles. The molecule has 0 aliphatic carbocycles. The van der Waals surface area contributed by atoms with Gasteiger partial charge in [0.15, 0.2) is 0 Å². The highest BCUT2D eigenvalue weighted by Gasteiger charge is 2.13. The number of benzene rings is 1. The van der Waals surface area contributed by atoms with Gasteiger partial charge in [0.05, 0.1) is 6.04 Å². The molecule has 2 rings (SSSR count). The fourth-order valence-corrected chi connectivity index (χ4v) is 2.06. The van der Waals surface area contributed by atoms with Crippen molar-refractivity contribution >= 4 is 11.7 Å². The molecule has 2 aromatic rings. The van der Waals surface area contributed by atoms with Gasteiger partial charge in [-0.3, -0.25) is 0 Å². The number of para-hydroxylation sites is 1. The number of amides is 2. The van der Waals surface area contributed by atoms with Gasteiger partial charge in [0.1, 0.15) is 11.5 Å². The van der Waals surface area contributed by atoms with Gasteiger partial charge in [-0.05, 0) is 44.0 Å². The number of nitrogens with one attached hydrogen (secondary N) is 2. The van der Waals surface area contributed by atoms with Gasteiger partial charge in [0, 0.05) is 5.69 Å². The van der Waals surface area contributed by atoms with E-state index >= 15 is 0 Å². The standard InChI is InChI=1S/C16H20N2O2/c1-4-13-7-5-6-8-14(13)18-16(19)17-12(3)15-10-9-11(2)20-15/h5-10,12H,4H2,1-3H3,(H2,17,18,19)/t12-/m0/s1. The summed E-state index contributed by atoms with van der Waals surface area (Å²) < 4.78 is 5.50. The van der Waals surface area contributed by atoms with Crippen LogP contribution in [0.3, 0.4) is 0 Å². The third-order valence-electron chi connectivity index (χ3n) is 3.18. The second-order valence-corrected chi connectivity index (χ2v) is 4.78. The summed E-state index contributed by atoms with van der Waals surface area (Å²) in [6, 6.07) is 11.2. The Bertz CT molecular complexity index is 590. The number of rotatable bonds is 4. The first kappa shape index (κ1) is 14.2. The number of anilines is 1. The van der Waals surface area contributed by atoms with Crippen LogP contribution in [-0.4, -0.2) is 6.03 Å². The summed E-state index contributed by atoms with van der Waals surface area (Å²) >= 11 is 0. The van der Waals surface area contributed by atoms with Crippen LogP contribution in [0.25, 0.3) is 0 Å². The van der Waals surface area contributed by atoms with E-state index in [1.165, 1.54) is 0 Å². The van der Waals surface area contributed by atoms with Crippen molar-refractivity contribution in [2.75, 3.05) is 5.32 Å². The number of carbonyl (C=O) groups is 1. The largest absolute Gasteiger partial charge is 0.464 e. The fourth-order valence-electron chi connectivity index (χ4n) is 2.06. The molecular formula is C16H20N2O2. The summed E-state index contributed by atoms with van der Waals surface area (Å²) in [6.45, 7) is 5.84. The maximum Gasteiger partial charge on any atom is 0.319 e. The molecular weight excluding hydrogens is 252 g/mol. The van der Waals surface area contributed by atoms with Crippen molar-refractivity contribution in [3.05, 3.63) is 53.5 Å². The predicted molar refractivity (Wildman–Crippen MR) is 79.8 cm³/mol. The molecule has 20 heavy (non-hydrogen) atoms. The van der Waals surface area contributed by atoms with Crippen LogP contribution in [0.5, 0.6) is 0 Å². The van der Waals surface area contributed by atoms with Gasteiger partial charge in [-0.25, -0.2) is 4.79 Å². The molecule has 2 amide bonds. The quantitative estimate of drug-likeness (QED) is 0.882. The predicted octanol–water partition coefficient (Wildman–Crippen LogP) is 4.03. The molecule has 2 N–H and O–H groups in total. The highest BCUT2D eigenvalue weighted by molar-refractivity contribution is 5.90. The molecule has 1 heterocycles. The molecule has 0 saturated carbocycles. The molecule has 0 unspecified atom stereocenters. The third kappa shape index (κ3) is 3.41. The van der Waals surface area contributed by atoms with E-state index in [0.717, 1.165) is 29.2 Å². The molecule has 4 heteroatoms. The molecule has 0 bridgehead atoms. The number of hydrogen-bond acceptors (Lipinski definition) is 2. The lowest BCUT2D eigenvalue weighted by molar-refractivity contribution is 0.247. The zero-order chi connectivity index (χ0) is 14.5. The van der Waals surface area contributed by atoms with Crippen LogP contribution in [-0.2, 0) is 6.42 Å². The number of carbonyl (C=O) groups excluding carboxylic acids is 1. The van der Waals surface area contributed by atoms with E-state index in [1.54, 1.807) is 0 Å². The van der Waals surface area contributed by atoms with E-state index in [2.05, 4.69) is 17.6 Å². The van der Waals surface area contributed by atoms with E-state index in [4.69, 9.17) is 4.42 Å². The normalized spacial score (nSPS) is 11.9. The van der Waals surface area contributed by atoms with Crippen molar-refractivity contribution in [2.24, 2.45) is 0 Å². The van der Waals surface area contributed by atoms with Gasteiger partial charge < -0.3 is 15.1 Å². The van der Waals surface area contributed by atoms with E-state index in [1.807, 2.05) is 50.2 Å². The third-order valence-corrected chi connectivity index (χ3v) is 3.18. The monoisotopic (exact) mass is 272 g/mol. The molecule has 1 atom stereocenters. The average molecular weight is 272 g/mol. The fraction of sp³-hybridized carbons (Fsp3) is 0.312. The number of urea groups is 1. The SMILES string of the molecule is CCc1ccccc1NC(=O)N[C@@H](C)c1ccc(C)o1. The maximum atomic E-state index is 12.0. The first-order valence-electron chi connectivity index (χ1n) is 6.82. The molecule has 4 nitrogen and oxygen atoms in total. The summed E-state index contributed by atoms with van der Waals surface area (Å²) in [5.41, 5.74) is 1.96. The Morgan fingerprint density at radius 3 is 2.65 bits per heavy atom. The van der Waals surface area contributed by atoms with Crippen LogP contribution in [0, 0.1) is 6.92 Å². The highest BCUT2D eigenvalue weighted by Crippen LogP contribution is 2.17. The maximum absolute atomic E-state index is 12.0. The van der Waals surface area contributed by atoms with Crippen molar-refractivity contribution in [2.45, 2.75) is 33.2 Å². The van der Waals surface area contributed by atoms with E-state index < -0.39 is 0 Å². The lowest BCUT2D eigenvalue weighted by atomic mass is 10.1. The molecule has 1 aromatic carbocycles. The van der Waals surface area contributed by atoms with Crippen LogP contribution >= 0.6 is 0 Å². The summed E-state index contributed by atoms with van der Waals surface area (Å²) in [7, 11) is 0. The van der Waals surface area contributed by atoms with Crippen LogP contribution in [0.15, 0.2) is 40.8 Å². The lowest BCUT2D eigenvalue weighted by Crippen LogP contribution is -2.31. The molecule has 106 valence electrons. The Morgan fingerprint density at radius 2 is 2.00 bits per heavy atom. The second kappa shape index (κ2) is 6.28. The summed E-state index contributed by atoms with van der Waals surface area (Å²) in [6.07, 6.45) is 0.878. The summed E-state index contributed by atoms with van der Waals surface area (Å²) in [5.74, 6) is 1.59. The van der Waals surface area contributed by atoms with Crippen molar-refractivity contribution in [3.63, 3.8) is 0 Å². The van der Waals surface area contributed by atoms with Gasteiger partial charge in [-0.2, -0.15) is 0 Å². The van der Waals surface area contributed by atoms with E-state index in [-0.39, 0.29) is 12.1 Å². The average Bonchev–Trinajstić information content (AvgIpc) is 2.86. The van der Waals surface area contributed by atoms with Crippen molar-refractivity contribution in [1.29, 1.82) is 0 Å². The first-order valence-corrected chi connectivity index (χ1v) is 6.82. The second-order valence-electron chi connectivity index (χ2n) is 4.78. The van der Waals surface area contributed by atoms with Crippen molar-refractivity contribution in [3.8, 4) is 0 Å². The molecule has 0 radical (unpaired) electrons. The number of hydrogen-bond donors (Lipinski definition) is 2. The number of aryl methyl sites for hydroxylation is 2. The lowest BCUT2D eigenvalue weighted by Gasteiger charge is -2.14. The Hall–Kier alpha value is -2.23. The minimum Gasteiger partial charge on any atom is -0.464 e. The number of furan rings is 1. The minimum absolute atomic E-state index is 0.169. The summed E-state index contributed by atoms with van der Waals surface area (Å²) in [4.78, 5) is 12.0.